The van der Waals surface area contributed by atoms with Gasteiger partial charge in [0.2, 0.25) is 0 Å². The van der Waals surface area contributed by atoms with Crippen LogP contribution in [0.2, 0.25) is 0 Å². The molecule has 0 aliphatic heterocycles. The molecule has 1 atom stereocenters. The average Bonchev–Trinajstić information content (AvgIpc) is 3.06. The summed E-state index contributed by atoms with van der Waals surface area (Å²) in [7, 11) is 0. The summed E-state index contributed by atoms with van der Waals surface area (Å²) < 4.78 is 0. The van der Waals surface area contributed by atoms with E-state index in [0.717, 1.165) is 0 Å². The van der Waals surface area contributed by atoms with Crippen LogP contribution in [-0.2, 0) is 0 Å². The Morgan fingerprint density at radius 3 is 2.52 bits per heavy atom. The molecule has 0 fully saturated rings. The summed E-state index contributed by atoms with van der Waals surface area (Å²) in [5.41, 5.74) is 2.09. The lowest BCUT2D eigenvalue weighted by Crippen LogP contribution is -2.01. The third kappa shape index (κ3) is 2.54. The lowest BCUT2D eigenvalue weighted by atomic mass is 10.00. The highest BCUT2D eigenvalue weighted by atomic mass is 16.3. The molecule has 4 aromatic rings. The quantitative estimate of drug-likeness (QED) is 0.450. The molecule has 3 aromatic heterocycles. The fraction of sp³-hybridized carbons (Fsp3) is 0.0588. The van der Waals surface area contributed by atoms with Crippen molar-refractivity contribution in [3.8, 4) is 22.9 Å². The highest BCUT2D eigenvalue weighted by Gasteiger charge is 2.22. The summed E-state index contributed by atoms with van der Waals surface area (Å²) in [6.07, 6.45) is 2.17. The van der Waals surface area contributed by atoms with Gasteiger partial charge in [-0.15, -0.1) is 10.2 Å². The maximum Gasteiger partial charge on any atom is 0.164 e. The number of fused-ring (bicyclic) bond motifs is 1. The van der Waals surface area contributed by atoms with Gasteiger partial charge in [-0.2, -0.15) is 0 Å². The van der Waals surface area contributed by atoms with Crippen LogP contribution in [0.4, 0.5) is 0 Å². The number of benzene rings is 1. The van der Waals surface area contributed by atoms with Crippen LogP contribution in [0.1, 0.15) is 17.2 Å². The van der Waals surface area contributed by atoms with Gasteiger partial charge in [0.25, 0.3) is 0 Å². The molecule has 124 valence electrons. The molecule has 0 amide bonds. The number of aromatic amines is 1. The number of hydrogen-bond donors (Lipinski definition) is 4. The van der Waals surface area contributed by atoms with Crippen LogP contribution >= 0.6 is 0 Å². The SMILES string of the molecule is Oc1ccc(C(O)c2c[nH]c3nnnc(-c4ncccc4O)c23)cc1. The third-order valence-electron chi connectivity index (χ3n) is 3.93. The molecule has 3 heterocycles. The lowest BCUT2D eigenvalue weighted by Gasteiger charge is -2.11. The third-order valence-corrected chi connectivity index (χ3v) is 3.93. The summed E-state index contributed by atoms with van der Waals surface area (Å²) in [5.74, 6) is 0.0667. The molecule has 4 rings (SSSR count). The van der Waals surface area contributed by atoms with Crippen molar-refractivity contribution in [3.63, 3.8) is 0 Å². The highest BCUT2D eigenvalue weighted by molar-refractivity contribution is 5.93. The first-order valence-corrected chi connectivity index (χ1v) is 7.47. The number of hydrogen-bond acceptors (Lipinski definition) is 7. The fourth-order valence-electron chi connectivity index (χ4n) is 2.71. The van der Waals surface area contributed by atoms with E-state index in [2.05, 4.69) is 25.4 Å². The van der Waals surface area contributed by atoms with Crippen molar-refractivity contribution in [2.45, 2.75) is 6.10 Å². The van der Waals surface area contributed by atoms with Gasteiger partial charge in [0.05, 0.1) is 5.39 Å². The van der Waals surface area contributed by atoms with Crippen molar-refractivity contribution in [1.82, 2.24) is 25.4 Å². The topological polar surface area (TPSA) is 128 Å². The molecule has 1 aromatic carbocycles. The standard InChI is InChI=1S/C17H13N5O3/c23-10-5-3-9(4-6-10)16(25)11-8-19-17-13(11)15(20-22-21-17)14-12(24)2-1-7-18-14/h1-8,16,23-25H,(H,19,20,21). The van der Waals surface area contributed by atoms with Crippen LogP contribution in [0, 0.1) is 0 Å². The number of rotatable bonds is 3. The van der Waals surface area contributed by atoms with Gasteiger partial charge >= 0.3 is 0 Å². The van der Waals surface area contributed by atoms with E-state index in [-0.39, 0.29) is 17.2 Å². The first-order valence-electron chi connectivity index (χ1n) is 7.47. The molecule has 0 spiro atoms. The summed E-state index contributed by atoms with van der Waals surface area (Å²) in [6, 6.07) is 9.35. The number of nitrogens with zero attached hydrogens (tertiary/aromatic N) is 4. The van der Waals surface area contributed by atoms with E-state index in [1.807, 2.05) is 0 Å². The molecule has 4 N–H and O–H groups in total. The number of pyridine rings is 1. The summed E-state index contributed by atoms with van der Waals surface area (Å²) in [4.78, 5) is 7.10. The molecule has 25 heavy (non-hydrogen) atoms. The molecule has 8 nitrogen and oxygen atoms in total. The van der Waals surface area contributed by atoms with Gasteiger partial charge in [-0.3, -0.25) is 4.98 Å². The van der Waals surface area contributed by atoms with Crippen molar-refractivity contribution in [2.75, 3.05) is 0 Å². The number of nitrogens with one attached hydrogen (secondary N) is 1. The largest absolute Gasteiger partial charge is 0.508 e. The Kier molecular flexibility index (Phi) is 3.51. The Morgan fingerprint density at radius 2 is 1.76 bits per heavy atom. The predicted molar refractivity (Wildman–Crippen MR) is 88.7 cm³/mol. The number of aliphatic hydroxyl groups is 1. The zero-order chi connectivity index (χ0) is 17.4. The van der Waals surface area contributed by atoms with E-state index >= 15 is 0 Å². The monoisotopic (exact) mass is 335 g/mol. The number of aromatic hydroxyl groups is 2. The second-order valence-corrected chi connectivity index (χ2v) is 5.47. The fourth-order valence-corrected chi connectivity index (χ4v) is 2.71. The van der Waals surface area contributed by atoms with Gasteiger partial charge in [0.15, 0.2) is 5.65 Å². The van der Waals surface area contributed by atoms with E-state index in [1.54, 1.807) is 24.4 Å². The molecule has 0 saturated heterocycles. The Balaban J connectivity index is 1.91. The Labute approximate surface area is 141 Å². The second kappa shape index (κ2) is 5.84. The van der Waals surface area contributed by atoms with E-state index in [9.17, 15) is 15.3 Å². The van der Waals surface area contributed by atoms with Crippen LogP contribution in [0.3, 0.4) is 0 Å². The average molecular weight is 335 g/mol. The van der Waals surface area contributed by atoms with Gasteiger partial charge in [-0.05, 0) is 35.0 Å². The Bertz CT molecular complexity index is 1050. The van der Waals surface area contributed by atoms with Gasteiger partial charge in [-0.1, -0.05) is 12.1 Å². The van der Waals surface area contributed by atoms with Crippen molar-refractivity contribution in [1.29, 1.82) is 0 Å². The van der Waals surface area contributed by atoms with E-state index in [1.165, 1.54) is 24.4 Å². The molecule has 0 aliphatic carbocycles. The maximum absolute atomic E-state index is 10.7. The van der Waals surface area contributed by atoms with Crippen LogP contribution in [0.5, 0.6) is 11.5 Å². The number of phenols is 1. The highest BCUT2D eigenvalue weighted by Crippen LogP contribution is 2.35. The minimum atomic E-state index is -0.982. The van der Waals surface area contributed by atoms with E-state index in [4.69, 9.17) is 0 Å². The van der Waals surface area contributed by atoms with Crippen LogP contribution in [-0.4, -0.2) is 40.7 Å². The summed E-state index contributed by atoms with van der Waals surface area (Å²) in [6.45, 7) is 0. The molecule has 0 aliphatic rings. The zero-order valence-electron chi connectivity index (χ0n) is 12.8. The molecule has 0 bridgehead atoms. The van der Waals surface area contributed by atoms with Gasteiger partial charge < -0.3 is 20.3 Å². The Hall–Kier alpha value is -3.52. The predicted octanol–water partition coefficient (Wildman–Crippen LogP) is 1.91. The molecule has 0 saturated carbocycles. The number of phenolic OH excluding ortho intramolecular Hbond substituents is 1. The van der Waals surface area contributed by atoms with Gasteiger partial charge in [-0.25, -0.2) is 0 Å². The zero-order valence-corrected chi connectivity index (χ0v) is 12.8. The van der Waals surface area contributed by atoms with Crippen LogP contribution in [0.15, 0.2) is 48.8 Å². The van der Waals surface area contributed by atoms with Crippen LogP contribution in [0.25, 0.3) is 22.4 Å². The molecule has 1 unspecified atom stereocenters. The van der Waals surface area contributed by atoms with Gasteiger partial charge in [0.1, 0.15) is 29.0 Å². The first-order chi connectivity index (χ1) is 12.1. The van der Waals surface area contributed by atoms with E-state index in [0.29, 0.717) is 27.9 Å². The smallest absolute Gasteiger partial charge is 0.164 e. The summed E-state index contributed by atoms with van der Waals surface area (Å²) >= 11 is 0. The van der Waals surface area contributed by atoms with Gasteiger partial charge in [0, 0.05) is 18.0 Å². The number of aromatic nitrogens is 5. The van der Waals surface area contributed by atoms with Crippen molar-refractivity contribution < 1.29 is 15.3 Å². The van der Waals surface area contributed by atoms with Crippen molar-refractivity contribution in [2.24, 2.45) is 0 Å². The maximum atomic E-state index is 10.7. The summed E-state index contributed by atoms with van der Waals surface area (Å²) in [5, 5.41) is 42.4. The van der Waals surface area contributed by atoms with Crippen molar-refractivity contribution >= 4 is 11.0 Å². The lowest BCUT2D eigenvalue weighted by molar-refractivity contribution is 0.222. The molecule has 8 heteroatoms. The molecule has 0 radical (unpaired) electrons. The van der Waals surface area contributed by atoms with E-state index < -0.39 is 6.10 Å². The minimum Gasteiger partial charge on any atom is -0.508 e. The first kappa shape index (κ1) is 15.0. The second-order valence-electron chi connectivity index (χ2n) is 5.47. The van der Waals surface area contributed by atoms with Crippen molar-refractivity contribution in [3.05, 3.63) is 59.9 Å². The Morgan fingerprint density at radius 1 is 0.960 bits per heavy atom. The molecular formula is C17H13N5O3. The molecular weight excluding hydrogens is 322 g/mol. The normalized spacial score (nSPS) is 12.4. The van der Waals surface area contributed by atoms with Crippen LogP contribution < -0.4 is 0 Å². The minimum absolute atomic E-state index is 0.0458. The number of H-pyrrole nitrogens is 1. The number of aliphatic hydroxyl groups excluding tert-OH is 1.